The molecule has 0 saturated carbocycles. The van der Waals surface area contributed by atoms with Crippen molar-refractivity contribution in [1.82, 2.24) is 0 Å². The fourth-order valence-corrected chi connectivity index (χ4v) is 1.89. The van der Waals surface area contributed by atoms with Gasteiger partial charge in [-0.2, -0.15) is 0 Å². The summed E-state index contributed by atoms with van der Waals surface area (Å²) in [6.45, 7) is 12.2. The Morgan fingerprint density at radius 2 is 1.67 bits per heavy atom. The Morgan fingerprint density at radius 1 is 1.17 bits per heavy atom. The molecule has 0 amide bonds. The van der Waals surface area contributed by atoms with Crippen LogP contribution in [0.3, 0.4) is 0 Å². The molecule has 0 bridgehead atoms. The summed E-state index contributed by atoms with van der Waals surface area (Å²) in [4.78, 5) is 0. The summed E-state index contributed by atoms with van der Waals surface area (Å²) in [5.74, 6) is 0. The zero-order valence-corrected chi connectivity index (χ0v) is 12.1. The van der Waals surface area contributed by atoms with Gasteiger partial charge < -0.3 is 4.43 Å². The highest BCUT2D eigenvalue weighted by Gasteiger charge is 1.91. The molecule has 0 aromatic rings. The van der Waals surface area contributed by atoms with Crippen molar-refractivity contribution >= 4 is 18.6 Å². The zero-order valence-electron chi connectivity index (χ0n) is 9.52. The predicted octanol–water partition coefficient (Wildman–Crippen LogP) is 2.43. The van der Waals surface area contributed by atoms with Crippen LogP contribution in [-0.4, -0.2) is 25.2 Å². The smallest absolute Gasteiger partial charge is 0.170 e. The van der Waals surface area contributed by atoms with Gasteiger partial charge in [-0.25, -0.2) is 0 Å². The molecule has 0 aromatic carbocycles. The lowest BCUT2D eigenvalue weighted by Crippen LogP contribution is -2.08. The second kappa shape index (κ2) is 13.9. The SMILES string of the molecule is CCCC.C[SiH2]CCO[SiH](C)C. The van der Waals surface area contributed by atoms with Crippen LogP contribution in [0.4, 0.5) is 0 Å². The maximum Gasteiger partial charge on any atom is 0.170 e. The number of hydrogen-bond donors (Lipinski definition) is 0. The van der Waals surface area contributed by atoms with E-state index in [-0.39, 0.29) is 9.52 Å². The van der Waals surface area contributed by atoms with E-state index in [4.69, 9.17) is 4.43 Å². The molecule has 0 heterocycles. The molecule has 0 atom stereocenters. The Bertz CT molecular complexity index is 65.5. The van der Waals surface area contributed by atoms with E-state index in [1.165, 1.54) is 18.9 Å². The number of rotatable bonds is 5. The van der Waals surface area contributed by atoms with Crippen molar-refractivity contribution in [3.05, 3.63) is 0 Å². The fraction of sp³-hybridized carbons (Fsp3) is 1.00. The monoisotopic (exact) mass is 206 g/mol. The molecule has 0 aliphatic heterocycles. The molecule has 12 heavy (non-hydrogen) atoms. The van der Waals surface area contributed by atoms with Crippen molar-refractivity contribution in [2.45, 2.75) is 52.4 Å². The molecular formula is C9H26OSi2. The molecule has 1 nitrogen and oxygen atoms in total. The van der Waals surface area contributed by atoms with Gasteiger partial charge >= 0.3 is 0 Å². The van der Waals surface area contributed by atoms with E-state index in [1.54, 1.807) is 0 Å². The molecule has 0 rings (SSSR count). The van der Waals surface area contributed by atoms with Crippen LogP contribution < -0.4 is 0 Å². The molecule has 0 spiro atoms. The van der Waals surface area contributed by atoms with Crippen molar-refractivity contribution in [2.75, 3.05) is 6.61 Å². The maximum absolute atomic E-state index is 5.46. The van der Waals surface area contributed by atoms with Crippen LogP contribution in [0.25, 0.3) is 0 Å². The molecule has 0 N–H and O–H groups in total. The average molecular weight is 206 g/mol. The van der Waals surface area contributed by atoms with Crippen LogP contribution in [-0.2, 0) is 4.43 Å². The van der Waals surface area contributed by atoms with Gasteiger partial charge in [0.25, 0.3) is 0 Å². The maximum atomic E-state index is 5.46. The van der Waals surface area contributed by atoms with Crippen molar-refractivity contribution < 1.29 is 4.43 Å². The lowest BCUT2D eigenvalue weighted by Gasteiger charge is -2.03. The lowest BCUT2D eigenvalue weighted by atomic mass is 10.4. The van der Waals surface area contributed by atoms with Crippen LogP contribution in [0.15, 0.2) is 0 Å². The molecule has 0 saturated heterocycles. The predicted molar refractivity (Wildman–Crippen MR) is 64.6 cm³/mol. The van der Waals surface area contributed by atoms with Crippen LogP contribution in [0.1, 0.15) is 26.7 Å². The first kappa shape index (κ1) is 14.9. The molecular weight excluding hydrogens is 180 g/mol. The van der Waals surface area contributed by atoms with Crippen molar-refractivity contribution in [1.29, 1.82) is 0 Å². The number of hydrogen-bond acceptors (Lipinski definition) is 1. The number of unbranched alkanes of at least 4 members (excludes halogenated alkanes) is 1. The van der Waals surface area contributed by atoms with Crippen LogP contribution in [0, 0.1) is 0 Å². The van der Waals surface area contributed by atoms with Crippen LogP contribution >= 0.6 is 0 Å². The van der Waals surface area contributed by atoms with E-state index in [2.05, 4.69) is 33.5 Å². The third kappa shape index (κ3) is 22.4. The molecule has 0 unspecified atom stereocenters. The Hall–Kier alpha value is 0.394. The highest BCUT2D eigenvalue weighted by atomic mass is 28.3. The molecule has 0 aliphatic rings. The minimum Gasteiger partial charge on any atom is -0.421 e. The van der Waals surface area contributed by atoms with E-state index < -0.39 is 9.04 Å². The van der Waals surface area contributed by atoms with Gasteiger partial charge in [-0.3, -0.25) is 0 Å². The molecule has 0 radical (unpaired) electrons. The first-order chi connectivity index (χ1) is 5.68. The van der Waals surface area contributed by atoms with Gasteiger partial charge in [0.05, 0.1) is 0 Å². The van der Waals surface area contributed by atoms with E-state index in [1.807, 2.05) is 0 Å². The highest BCUT2D eigenvalue weighted by molar-refractivity contribution is 6.48. The Morgan fingerprint density at radius 3 is 1.92 bits per heavy atom. The lowest BCUT2D eigenvalue weighted by molar-refractivity contribution is 0.350. The van der Waals surface area contributed by atoms with Gasteiger partial charge in [0.15, 0.2) is 9.04 Å². The molecule has 0 aliphatic carbocycles. The molecule has 0 aromatic heterocycles. The van der Waals surface area contributed by atoms with Crippen molar-refractivity contribution in [3.63, 3.8) is 0 Å². The van der Waals surface area contributed by atoms with Gasteiger partial charge in [-0.1, -0.05) is 33.2 Å². The largest absolute Gasteiger partial charge is 0.421 e. The van der Waals surface area contributed by atoms with Gasteiger partial charge in [-0.05, 0) is 19.1 Å². The second-order valence-corrected chi connectivity index (χ2v) is 7.41. The Kier molecular flexibility index (Phi) is 17.3. The summed E-state index contributed by atoms with van der Waals surface area (Å²) in [6, 6.07) is 1.37. The fourth-order valence-electron chi connectivity index (χ4n) is 0.463. The van der Waals surface area contributed by atoms with Gasteiger partial charge in [0, 0.05) is 16.1 Å². The highest BCUT2D eigenvalue weighted by Crippen LogP contribution is 1.86. The normalized spacial score (nSPS) is 10.5. The van der Waals surface area contributed by atoms with E-state index in [9.17, 15) is 0 Å². The van der Waals surface area contributed by atoms with E-state index >= 15 is 0 Å². The summed E-state index contributed by atoms with van der Waals surface area (Å²) >= 11 is 0. The summed E-state index contributed by atoms with van der Waals surface area (Å²) < 4.78 is 5.46. The Balaban J connectivity index is 0. The van der Waals surface area contributed by atoms with Gasteiger partial charge in [-0.15, -0.1) is 0 Å². The Labute approximate surface area is 82.5 Å². The van der Waals surface area contributed by atoms with Gasteiger partial charge in [0.2, 0.25) is 0 Å². The molecule has 0 fully saturated rings. The first-order valence-corrected chi connectivity index (χ1v) is 10.5. The van der Waals surface area contributed by atoms with Crippen LogP contribution in [0.2, 0.25) is 25.7 Å². The summed E-state index contributed by atoms with van der Waals surface area (Å²) in [5, 5.41) is 0. The minimum atomic E-state index is -0.680. The third-order valence-electron chi connectivity index (χ3n) is 1.45. The zero-order chi connectivity index (χ0) is 9.82. The quantitative estimate of drug-likeness (QED) is 0.496. The van der Waals surface area contributed by atoms with Gasteiger partial charge in [0.1, 0.15) is 0 Å². The summed E-state index contributed by atoms with van der Waals surface area (Å²) in [7, 11) is -0.412. The average Bonchev–Trinajstić information content (AvgIpc) is 2.05. The van der Waals surface area contributed by atoms with Crippen molar-refractivity contribution in [3.8, 4) is 0 Å². The van der Waals surface area contributed by atoms with Crippen LogP contribution in [0.5, 0.6) is 0 Å². The van der Waals surface area contributed by atoms with E-state index in [0.29, 0.717) is 0 Å². The molecule has 3 heteroatoms. The topological polar surface area (TPSA) is 9.23 Å². The standard InChI is InChI=1S/C5H16OSi2.C4H10/c1-7-5-4-6-8(2)3;1-3-4-2/h8H,4-5,7H2,1-3H3;3-4H2,1-2H3. The second-order valence-electron chi connectivity index (χ2n) is 3.27. The summed E-state index contributed by atoms with van der Waals surface area (Å²) in [6.07, 6.45) is 2.64. The van der Waals surface area contributed by atoms with E-state index in [0.717, 1.165) is 6.61 Å². The third-order valence-corrected chi connectivity index (χ3v) is 3.35. The van der Waals surface area contributed by atoms with Crippen molar-refractivity contribution in [2.24, 2.45) is 0 Å². The summed E-state index contributed by atoms with van der Waals surface area (Å²) in [5.41, 5.74) is 0. The first-order valence-electron chi connectivity index (χ1n) is 5.30. The molecule has 76 valence electrons. The minimum absolute atomic E-state index is 0.268.